The lowest BCUT2D eigenvalue weighted by molar-refractivity contribution is 0.680. The van der Waals surface area contributed by atoms with Gasteiger partial charge in [-0.05, 0) is 0 Å². The van der Waals surface area contributed by atoms with Crippen molar-refractivity contribution in [2.24, 2.45) is 0 Å². The van der Waals surface area contributed by atoms with E-state index in [0.29, 0.717) is 5.16 Å². The van der Waals surface area contributed by atoms with Crippen molar-refractivity contribution in [1.82, 2.24) is 14.8 Å². The van der Waals surface area contributed by atoms with Gasteiger partial charge in [-0.15, -0.1) is 0 Å². The lowest BCUT2D eigenvalue weighted by atomic mass is 11.0. The van der Waals surface area contributed by atoms with Crippen LogP contribution >= 0.6 is 0 Å². The minimum atomic E-state index is -1.06. The van der Waals surface area contributed by atoms with E-state index in [-0.39, 0.29) is 0 Å². The third-order valence-corrected chi connectivity index (χ3v) is 2.07. The molecule has 1 aromatic rings. The molecule has 0 bridgehead atoms. The molecular weight excluding hydrogens is 138 g/mol. The zero-order valence-corrected chi connectivity index (χ0v) is 5.21. The van der Waals surface area contributed by atoms with Gasteiger partial charge in [0.1, 0.15) is 17.1 Å². The van der Waals surface area contributed by atoms with Crippen LogP contribution in [0.15, 0.2) is 16.9 Å². The molecule has 2 heterocycles. The van der Waals surface area contributed by atoms with Crippen molar-refractivity contribution < 1.29 is 4.21 Å². The molecule has 1 aliphatic heterocycles. The third-order valence-electron chi connectivity index (χ3n) is 1.05. The first-order chi connectivity index (χ1) is 4.38. The standard InChI is InChI=1S/C4H3N3OS/c8-9-2-1-7-4(9)5-3-6-7/h1-3H. The Morgan fingerprint density at radius 1 is 1.67 bits per heavy atom. The first kappa shape index (κ1) is 4.87. The predicted octanol–water partition coefficient (Wildman–Crippen LogP) is -0.173. The van der Waals surface area contributed by atoms with Gasteiger partial charge in [0.25, 0.3) is 0 Å². The van der Waals surface area contributed by atoms with E-state index in [0.717, 1.165) is 0 Å². The van der Waals surface area contributed by atoms with Gasteiger partial charge in [0, 0.05) is 11.6 Å². The van der Waals surface area contributed by atoms with Crippen molar-refractivity contribution in [2.45, 2.75) is 5.16 Å². The van der Waals surface area contributed by atoms with Crippen molar-refractivity contribution in [2.75, 3.05) is 0 Å². The fourth-order valence-electron chi connectivity index (χ4n) is 0.660. The summed E-state index contributed by atoms with van der Waals surface area (Å²) in [6.07, 6.45) is 3.02. The highest BCUT2D eigenvalue weighted by atomic mass is 32.2. The Morgan fingerprint density at radius 2 is 2.56 bits per heavy atom. The lowest BCUT2D eigenvalue weighted by Gasteiger charge is -1.82. The summed E-state index contributed by atoms with van der Waals surface area (Å²) in [4.78, 5) is 3.77. The summed E-state index contributed by atoms with van der Waals surface area (Å²) in [7, 11) is -1.06. The molecular formula is C4H3N3OS. The Morgan fingerprint density at radius 3 is 3.33 bits per heavy atom. The predicted molar refractivity (Wildman–Crippen MR) is 31.8 cm³/mol. The van der Waals surface area contributed by atoms with Crippen LogP contribution < -0.4 is 0 Å². The fraction of sp³-hybridized carbons (Fsp3) is 0. The minimum Gasteiger partial charge on any atom is -0.246 e. The molecule has 1 unspecified atom stereocenters. The quantitative estimate of drug-likeness (QED) is 0.504. The van der Waals surface area contributed by atoms with Gasteiger partial charge in [0.2, 0.25) is 5.16 Å². The van der Waals surface area contributed by atoms with E-state index >= 15 is 0 Å². The molecule has 0 N–H and O–H groups in total. The molecule has 1 atom stereocenters. The van der Waals surface area contributed by atoms with E-state index in [1.807, 2.05) is 0 Å². The summed E-state index contributed by atoms with van der Waals surface area (Å²) in [6, 6.07) is 0. The van der Waals surface area contributed by atoms with E-state index in [1.54, 1.807) is 11.6 Å². The highest BCUT2D eigenvalue weighted by Crippen LogP contribution is 2.09. The van der Waals surface area contributed by atoms with Gasteiger partial charge >= 0.3 is 0 Å². The Kier molecular flexibility index (Phi) is 0.814. The minimum absolute atomic E-state index is 0.509. The zero-order chi connectivity index (χ0) is 6.27. The highest BCUT2D eigenvalue weighted by Gasteiger charge is 2.12. The van der Waals surface area contributed by atoms with E-state index in [9.17, 15) is 4.21 Å². The number of fused-ring (bicyclic) bond motifs is 1. The maximum absolute atomic E-state index is 10.8. The van der Waals surface area contributed by atoms with Gasteiger partial charge in [-0.25, -0.2) is 13.9 Å². The second-order valence-corrected chi connectivity index (χ2v) is 2.80. The normalized spacial score (nSPS) is 22.4. The molecule has 46 valence electrons. The molecule has 0 amide bonds. The average Bonchev–Trinajstić information content (AvgIpc) is 2.35. The molecule has 0 saturated carbocycles. The number of hydrogen-bond donors (Lipinski definition) is 0. The molecule has 0 aliphatic carbocycles. The summed E-state index contributed by atoms with van der Waals surface area (Å²) in [5.74, 6) is 0. The number of aromatic nitrogens is 3. The van der Waals surface area contributed by atoms with E-state index in [4.69, 9.17) is 0 Å². The molecule has 5 heteroatoms. The van der Waals surface area contributed by atoms with Crippen LogP contribution in [-0.2, 0) is 10.8 Å². The van der Waals surface area contributed by atoms with Gasteiger partial charge in [0.15, 0.2) is 0 Å². The Bertz CT molecular complexity index is 290. The molecule has 0 radical (unpaired) electrons. The summed E-state index contributed by atoms with van der Waals surface area (Å²) in [5.41, 5.74) is 0. The van der Waals surface area contributed by atoms with E-state index in [2.05, 4.69) is 10.1 Å². The van der Waals surface area contributed by atoms with Crippen LogP contribution in [0.1, 0.15) is 0 Å². The van der Waals surface area contributed by atoms with Crippen molar-refractivity contribution in [1.29, 1.82) is 0 Å². The maximum Gasteiger partial charge on any atom is 0.225 e. The molecule has 1 aromatic heterocycles. The molecule has 4 nitrogen and oxygen atoms in total. The molecule has 0 fully saturated rings. The van der Waals surface area contributed by atoms with Crippen molar-refractivity contribution in [3.8, 4) is 0 Å². The Hall–Kier alpha value is -0.970. The number of rotatable bonds is 0. The van der Waals surface area contributed by atoms with Crippen LogP contribution in [0.25, 0.3) is 6.20 Å². The second kappa shape index (κ2) is 1.51. The van der Waals surface area contributed by atoms with Gasteiger partial charge in [-0.3, -0.25) is 0 Å². The lowest BCUT2D eigenvalue weighted by Crippen LogP contribution is -1.90. The van der Waals surface area contributed by atoms with Crippen LogP contribution in [0.4, 0.5) is 0 Å². The summed E-state index contributed by atoms with van der Waals surface area (Å²) >= 11 is 0. The second-order valence-electron chi connectivity index (χ2n) is 1.57. The van der Waals surface area contributed by atoms with E-state index in [1.165, 1.54) is 11.0 Å². The number of hydrogen-bond acceptors (Lipinski definition) is 3. The maximum atomic E-state index is 10.8. The molecule has 1 aliphatic rings. The molecule has 0 aromatic carbocycles. The Balaban J connectivity index is 2.73. The SMILES string of the molecule is O=S1C=Cn2ncnc21. The largest absolute Gasteiger partial charge is 0.246 e. The Labute approximate surface area is 53.7 Å². The monoisotopic (exact) mass is 141 g/mol. The molecule has 0 spiro atoms. The molecule has 2 rings (SSSR count). The highest BCUT2D eigenvalue weighted by molar-refractivity contribution is 7.88. The van der Waals surface area contributed by atoms with E-state index < -0.39 is 10.8 Å². The van der Waals surface area contributed by atoms with Crippen LogP contribution in [-0.4, -0.2) is 19.0 Å². The van der Waals surface area contributed by atoms with Crippen LogP contribution in [0.3, 0.4) is 0 Å². The van der Waals surface area contributed by atoms with Crippen molar-refractivity contribution in [3.63, 3.8) is 0 Å². The number of nitrogens with zero attached hydrogens (tertiary/aromatic N) is 3. The topological polar surface area (TPSA) is 47.8 Å². The summed E-state index contributed by atoms with van der Waals surface area (Å²) in [6.45, 7) is 0. The molecule has 9 heavy (non-hydrogen) atoms. The van der Waals surface area contributed by atoms with Gasteiger partial charge in [0.05, 0.1) is 0 Å². The average molecular weight is 141 g/mol. The first-order valence-corrected chi connectivity index (χ1v) is 3.57. The van der Waals surface area contributed by atoms with Crippen LogP contribution in [0, 0.1) is 0 Å². The summed E-state index contributed by atoms with van der Waals surface area (Å²) < 4.78 is 12.3. The molecule has 0 saturated heterocycles. The van der Waals surface area contributed by atoms with Crippen molar-refractivity contribution in [3.05, 3.63) is 11.7 Å². The van der Waals surface area contributed by atoms with Gasteiger partial charge in [-0.1, -0.05) is 0 Å². The first-order valence-electron chi connectivity index (χ1n) is 2.36. The van der Waals surface area contributed by atoms with Gasteiger partial charge < -0.3 is 0 Å². The summed E-state index contributed by atoms with van der Waals surface area (Å²) in [5, 5.41) is 5.83. The third kappa shape index (κ3) is 0.547. The van der Waals surface area contributed by atoms with Crippen LogP contribution in [0.5, 0.6) is 0 Å². The van der Waals surface area contributed by atoms with Crippen molar-refractivity contribution >= 4 is 17.0 Å². The smallest absolute Gasteiger partial charge is 0.225 e. The zero-order valence-electron chi connectivity index (χ0n) is 4.39. The van der Waals surface area contributed by atoms with Gasteiger partial charge in [-0.2, -0.15) is 5.10 Å². The fourth-order valence-corrected chi connectivity index (χ4v) is 1.45. The van der Waals surface area contributed by atoms with Crippen LogP contribution in [0.2, 0.25) is 0 Å².